The van der Waals surface area contributed by atoms with Crippen LogP contribution in [0.4, 0.5) is 17.6 Å². The first-order valence-corrected chi connectivity index (χ1v) is 24.2. The molecule has 6 heterocycles. The molecule has 0 saturated carbocycles. The van der Waals surface area contributed by atoms with E-state index in [4.69, 9.17) is 23.7 Å². The van der Waals surface area contributed by atoms with E-state index < -0.39 is 23.3 Å². The summed E-state index contributed by atoms with van der Waals surface area (Å²) >= 11 is 0. The molecule has 0 fully saturated rings. The molecule has 0 amide bonds. The molecular formula is C66H56F4Ir2N8-6. The van der Waals surface area contributed by atoms with Gasteiger partial charge in [-0.25, -0.2) is 0 Å². The Hall–Kier alpha value is -8.22. The summed E-state index contributed by atoms with van der Waals surface area (Å²) in [4.78, 5) is 25.4. The molecule has 0 unspecified atom stereocenters. The van der Waals surface area contributed by atoms with Crippen LogP contribution in [0.3, 0.4) is 0 Å². The van der Waals surface area contributed by atoms with Crippen LogP contribution >= 0.6 is 0 Å². The number of aromatic nitrogens is 6. The third kappa shape index (κ3) is 22.3. The van der Waals surface area contributed by atoms with Crippen molar-refractivity contribution in [3.8, 4) is 56.4 Å². The van der Waals surface area contributed by atoms with Crippen LogP contribution in [-0.4, -0.2) is 29.9 Å². The van der Waals surface area contributed by atoms with Crippen LogP contribution in [-0.2, 0) is 51.0 Å². The molecule has 0 aliphatic carbocycles. The van der Waals surface area contributed by atoms with E-state index in [1.54, 1.807) is 61.2 Å². The predicted octanol–water partition coefficient (Wildman–Crippen LogP) is 16.3. The molecule has 0 N–H and O–H groups in total. The summed E-state index contributed by atoms with van der Waals surface area (Å²) in [6, 6.07) is 57.8. The van der Waals surface area contributed by atoms with Crippen LogP contribution < -0.4 is 0 Å². The van der Waals surface area contributed by atoms with Gasteiger partial charge in [0.05, 0.1) is 11.4 Å². The van der Waals surface area contributed by atoms with E-state index in [0.717, 1.165) is 58.2 Å². The van der Waals surface area contributed by atoms with E-state index in [2.05, 4.69) is 146 Å². The SMILES string of the molecule is CC(C)(C)c1ccnc(-c2cc(C(C)(C)C)ccn2)c1.Cc1c[c-]c(-c2ccccn2)cc1.Cc1c[c-]c(-c2ccccn2)cc1.Fc1c[c-]c(-c2ccccn2)c(F)c1.Fc1c[c-]c(-c2ccccn2)c(F)c1.[C-]#N.[C-]#N.[Ir].[Ir]. The average molecular weight is 1420 g/mol. The smallest absolute Gasteiger partial charge is 0.0889 e. The number of hydrogen-bond acceptors (Lipinski definition) is 8. The summed E-state index contributed by atoms with van der Waals surface area (Å²) in [5.41, 5.74) is 12.5. The summed E-state index contributed by atoms with van der Waals surface area (Å²) in [5, 5.41) is 12.5. The Kier molecular flexibility index (Phi) is 29.4. The molecule has 14 heteroatoms. The molecule has 10 rings (SSSR count). The van der Waals surface area contributed by atoms with E-state index in [-0.39, 0.29) is 62.2 Å². The number of rotatable bonds is 5. The number of aryl methyl sites for hydroxylation is 2. The Morgan fingerprint density at radius 1 is 0.362 bits per heavy atom. The quantitative estimate of drug-likeness (QED) is 0.123. The second-order valence-electron chi connectivity index (χ2n) is 18.9. The zero-order valence-electron chi connectivity index (χ0n) is 45.2. The predicted molar refractivity (Wildman–Crippen MR) is 298 cm³/mol. The zero-order chi connectivity index (χ0) is 57.1. The first kappa shape index (κ1) is 67.9. The minimum atomic E-state index is -0.649. The van der Waals surface area contributed by atoms with Crippen molar-refractivity contribution < 1.29 is 57.8 Å². The van der Waals surface area contributed by atoms with Crippen molar-refractivity contribution in [1.82, 2.24) is 29.9 Å². The van der Waals surface area contributed by atoms with Crippen LogP contribution in [0.5, 0.6) is 0 Å². The molecule has 6 aromatic heterocycles. The van der Waals surface area contributed by atoms with Gasteiger partial charge in [0.1, 0.15) is 0 Å². The van der Waals surface area contributed by atoms with Gasteiger partial charge in [0.15, 0.2) is 0 Å². The topological polar surface area (TPSA) is 125 Å². The van der Waals surface area contributed by atoms with Crippen LogP contribution in [0.2, 0.25) is 0 Å². The van der Waals surface area contributed by atoms with Crippen molar-refractivity contribution in [2.75, 3.05) is 0 Å². The van der Waals surface area contributed by atoms with Gasteiger partial charge in [-0.3, -0.25) is 27.5 Å². The molecule has 0 bridgehead atoms. The largest absolute Gasteiger partial charge is 0.512 e. The van der Waals surface area contributed by atoms with E-state index in [9.17, 15) is 17.6 Å². The maximum absolute atomic E-state index is 13.2. The fraction of sp³-hybridized carbons (Fsp3) is 0.152. The van der Waals surface area contributed by atoms with E-state index >= 15 is 0 Å². The summed E-state index contributed by atoms with van der Waals surface area (Å²) in [6.45, 7) is 26.9. The first-order valence-electron chi connectivity index (χ1n) is 24.2. The molecule has 4 aromatic carbocycles. The van der Waals surface area contributed by atoms with Crippen molar-refractivity contribution in [2.45, 2.75) is 66.2 Å². The molecule has 0 aliphatic heterocycles. The summed E-state index contributed by atoms with van der Waals surface area (Å²) in [6.07, 6.45) is 10.4. The molecule has 0 saturated heterocycles. The molecule has 80 heavy (non-hydrogen) atoms. The maximum Gasteiger partial charge on any atom is 0.0889 e. The monoisotopic (exact) mass is 1420 g/mol. The molecule has 2 radical (unpaired) electrons. The van der Waals surface area contributed by atoms with Crippen LogP contribution in [0.15, 0.2) is 195 Å². The molecule has 0 spiro atoms. The fourth-order valence-electron chi connectivity index (χ4n) is 6.75. The van der Waals surface area contributed by atoms with Gasteiger partial charge in [0.2, 0.25) is 0 Å². The third-order valence-electron chi connectivity index (χ3n) is 10.9. The Bertz CT molecular complexity index is 3170. The first-order chi connectivity index (χ1) is 37.4. The van der Waals surface area contributed by atoms with Crippen molar-refractivity contribution in [1.29, 1.82) is 10.5 Å². The van der Waals surface area contributed by atoms with Gasteiger partial charge in [0, 0.05) is 101 Å². The summed E-state index contributed by atoms with van der Waals surface area (Å²) < 4.78 is 51.6. The van der Waals surface area contributed by atoms with Gasteiger partial charge in [-0.05, 0) is 93.3 Å². The van der Waals surface area contributed by atoms with Crippen LogP contribution in [0.1, 0.15) is 63.8 Å². The van der Waals surface area contributed by atoms with Gasteiger partial charge in [-0.15, -0.1) is 95.1 Å². The zero-order valence-corrected chi connectivity index (χ0v) is 50.0. The molecule has 10 aromatic rings. The van der Waals surface area contributed by atoms with Crippen molar-refractivity contribution in [2.24, 2.45) is 0 Å². The Morgan fingerprint density at radius 3 is 0.938 bits per heavy atom. The number of benzene rings is 4. The second-order valence-corrected chi connectivity index (χ2v) is 18.9. The summed E-state index contributed by atoms with van der Waals surface area (Å²) in [5.74, 6) is -2.57. The molecular weight excluding hydrogens is 1370 g/mol. The third-order valence-corrected chi connectivity index (χ3v) is 10.9. The van der Waals surface area contributed by atoms with Crippen LogP contribution in [0, 0.1) is 85.0 Å². The van der Waals surface area contributed by atoms with Gasteiger partial charge < -0.3 is 43.6 Å². The van der Waals surface area contributed by atoms with Crippen LogP contribution in [0.25, 0.3) is 56.4 Å². The van der Waals surface area contributed by atoms with Gasteiger partial charge >= 0.3 is 0 Å². The molecule has 0 aliphatic rings. The standard InChI is InChI=1S/C18H24N2.2C12H10N.2C11H6F2N.2CN.2Ir/c1-17(2,3)13-7-9-19-15(11-13)16-12-14(8-10-20-16)18(4,5)6;2*1-10-5-7-11(8-6-10)12-4-2-3-9-13-12;2*12-8-4-5-9(10(13)7-8)11-3-1-2-6-14-11;2*1-2;;/h7-12H,1-6H3;2*2-7,9H,1H3;2*1-4,6-7H;;;;/q;6*-1;;. The summed E-state index contributed by atoms with van der Waals surface area (Å²) in [7, 11) is 0. The number of pyridine rings is 6. The molecule has 0 atom stereocenters. The molecule has 412 valence electrons. The Labute approximate surface area is 495 Å². The Balaban J connectivity index is 0.000000337. The van der Waals surface area contributed by atoms with Crippen molar-refractivity contribution in [3.05, 3.63) is 278 Å². The van der Waals surface area contributed by atoms with Gasteiger partial charge in [-0.1, -0.05) is 127 Å². The minimum absolute atomic E-state index is 0. The number of hydrogen-bond donors (Lipinski definition) is 0. The average Bonchev–Trinajstić information content (AvgIpc) is 3.46. The normalized spacial score (nSPS) is 9.95. The number of nitrogens with zero attached hydrogens (tertiary/aromatic N) is 8. The van der Waals surface area contributed by atoms with Gasteiger partial charge in [0.25, 0.3) is 0 Å². The second kappa shape index (κ2) is 34.6. The van der Waals surface area contributed by atoms with E-state index in [1.165, 1.54) is 22.3 Å². The van der Waals surface area contributed by atoms with E-state index in [0.29, 0.717) is 11.4 Å². The maximum atomic E-state index is 13.2. The fourth-order valence-corrected chi connectivity index (χ4v) is 6.75. The number of halogens is 4. The van der Waals surface area contributed by atoms with E-state index in [1.807, 2.05) is 73.1 Å². The van der Waals surface area contributed by atoms with Gasteiger partial charge in [-0.2, -0.15) is 0 Å². The Morgan fingerprint density at radius 2 is 0.675 bits per heavy atom. The van der Waals surface area contributed by atoms with Crippen molar-refractivity contribution >= 4 is 0 Å². The molecule has 8 nitrogen and oxygen atoms in total. The minimum Gasteiger partial charge on any atom is -0.512 e. The van der Waals surface area contributed by atoms with Crippen molar-refractivity contribution in [3.63, 3.8) is 0 Å².